The van der Waals surface area contributed by atoms with Gasteiger partial charge in [-0.2, -0.15) is 0 Å². The smallest absolute Gasteiger partial charge is 0.162 e. The molecule has 1 atom stereocenters. The predicted molar refractivity (Wildman–Crippen MR) is 117 cm³/mol. The van der Waals surface area contributed by atoms with Gasteiger partial charge in [-0.15, -0.1) is 11.3 Å². The molecule has 0 spiro atoms. The van der Waals surface area contributed by atoms with Crippen molar-refractivity contribution in [1.29, 1.82) is 0 Å². The van der Waals surface area contributed by atoms with E-state index in [-0.39, 0.29) is 0 Å². The van der Waals surface area contributed by atoms with Crippen LogP contribution in [0.2, 0.25) is 0 Å². The Morgan fingerprint density at radius 2 is 1.86 bits per heavy atom. The first-order valence-corrected chi connectivity index (χ1v) is 11.3. The third-order valence-corrected chi connectivity index (χ3v) is 7.41. The van der Waals surface area contributed by atoms with Crippen molar-refractivity contribution >= 4 is 38.0 Å². The number of anilines is 1. The number of fused-ring (bicyclic) bond motifs is 1. The van der Waals surface area contributed by atoms with E-state index in [2.05, 4.69) is 11.9 Å². The van der Waals surface area contributed by atoms with Crippen LogP contribution in [0.5, 0.6) is 0 Å². The second-order valence-electron chi connectivity index (χ2n) is 6.39. The number of unbranched alkanes of at least 4 members (excludes halogenated alkanes) is 1. The van der Waals surface area contributed by atoms with Crippen molar-refractivity contribution in [3.8, 4) is 22.6 Å². The summed E-state index contributed by atoms with van der Waals surface area (Å²) in [6, 6.07) is 13.7. The number of hydrogen-bond acceptors (Lipinski definition) is 6. The van der Waals surface area contributed by atoms with Crippen molar-refractivity contribution in [1.82, 2.24) is 15.0 Å². The Bertz CT molecular complexity index is 1130. The summed E-state index contributed by atoms with van der Waals surface area (Å²) in [7, 11) is -1.13. The van der Waals surface area contributed by atoms with Crippen LogP contribution in [-0.2, 0) is 10.8 Å². The summed E-state index contributed by atoms with van der Waals surface area (Å²) in [4.78, 5) is 14.5. The van der Waals surface area contributed by atoms with Crippen molar-refractivity contribution in [3.05, 3.63) is 54.9 Å². The predicted octanol–water partition coefficient (Wildman–Crippen LogP) is 4.91. The number of nitrogen functional groups attached to an aromatic ring is 1. The lowest BCUT2D eigenvalue weighted by Crippen LogP contribution is -1.99. The Balaban J connectivity index is 1.95. The normalized spacial score (nSPS) is 12.3. The summed E-state index contributed by atoms with van der Waals surface area (Å²) >= 11 is 1.40. The highest BCUT2D eigenvalue weighted by Crippen LogP contribution is 2.41. The fraction of sp³-hybridized carbons (Fsp3) is 0.190. The van der Waals surface area contributed by atoms with Crippen LogP contribution in [0.1, 0.15) is 19.8 Å². The lowest BCUT2D eigenvalue weighted by molar-refractivity contribution is 0.681. The zero-order valence-corrected chi connectivity index (χ0v) is 17.1. The number of nitrogens with two attached hydrogens (primary N) is 1. The standard InChI is InChI=1S/C21H20N4OS2/c1-2-3-12-28(26)21-17(22)16-18(14-8-5-4-6-9-14)24-19(25-20(16)27-21)15-10-7-11-23-13-15/h4-11,13H,2-3,12,22H2,1H3. The van der Waals surface area contributed by atoms with Gasteiger partial charge in [0.15, 0.2) is 5.82 Å². The summed E-state index contributed by atoms with van der Waals surface area (Å²) in [6.45, 7) is 2.09. The molecule has 0 aliphatic carbocycles. The van der Waals surface area contributed by atoms with E-state index in [1.165, 1.54) is 11.3 Å². The maximum Gasteiger partial charge on any atom is 0.162 e. The molecule has 0 saturated heterocycles. The van der Waals surface area contributed by atoms with Crippen LogP contribution >= 0.6 is 11.3 Å². The molecule has 0 saturated carbocycles. The van der Waals surface area contributed by atoms with Crippen molar-refractivity contribution < 1.29 is 4.21 Å². The van der Waals surface area contributed by atoms with Crippen molar-refractivity contribution in [2.24, 2.45) is 0 Å². The van der Waals surface area contributed by atoms with E-state index in [1.54, 1.807) is 12.4 Å². The molecule has 0 radical (unpaired) electrons. The molecule has 3 aromatic heterocycles. The number of thiophene rings is 1. The fourth-order valence-corrected chi connectivity index (χ4v) is 5.74. The molecule has 0 aliphatic rings. The lowest BCUT2D eigenvalue weighted by atomic mass is 10.1. The van der Waals surface area contributed by atoms with Crippen LogP contribution in [0.4, 0.5) is 5.69 Å². The molecule has 0 bridgehead atoms. The minimum atomic E-state index is -1.13. The SMILES string of the molecule is CCCCS(=O)c1sc2nc(-c3cccnc3)nc(-c3ccccc3)c2c1N. The lowest BCUT2D eigenvalue weighted by Gasteiger charge is -2.07. The fourth-order valence-electron chi connectivity index (χ4n) is 2.97. The Morgan fingerprint density at radius 3 is 2.57 bits per heavy atom. The molecule has 3 heterocycles. The highest BCUT2D eigenvalue weighted by molar-refractivity contribution is 7.87. The summed E-state index contributed by atoms with van der Waals surface area (Å²) < 4.78 is 13.5. The molecule has 0 fully saturated rings. The van der Waals surface area contributed by atoms with E-state index in [0.717, 1.165) is 39.9 Å². The molecule has 4 aromatic rings. The average Bonchev–Trinajstić information content (AvgIpc) is 3.09. The van der Waals surface area contributed by atoms with Gasteiger partial charge in [0, 0.05) is 29.3 Å². The van der Waals surface area contributed by atoms with E-state index in [9.17, 15) is 4.21 Å². The van der Waals surface area contributed by atoms with Gasteiger partial charge in [0.2, 0.25) is 0 Å². The maximum absolute atomic E-state index is 12.8. The summed E-state index contributed by atoms with van der Waals surface area (Å²) in [5.74, 6) is 1.20. The van der Waals surface area contributed by atoms with Gasteiger partial charge in [0.25, 0.3) is 0 Å². The maximum atomic E-state index is 12.8. The largest absolute Gasteiger partial charge is 0.396 e. The number of hydrogen-bond donors (Lipinski definition) is 1. The van der Waals surface area contributed by atoms with Gasteiger partial charge < -0.3 is 5.73 Å². The quantitative estimate of drug-likeness (QED) is 0.490. The van der Waals surface area contributed by atoms with Crippen molar-refractivity contribution in [3.63, 3.8) is 0 Å². The summed E-state index contributed by atoms with van der Waals surface area (Å²) in [5, 5.41) is 0.781. The molecule has 28 heavy (non-hydrogen) atoms. The topological polar surface area (TPSA) is 81.8 Å². The van der Waals surface area contributed by atoms with Gasteiger partial charge in [-0.25, -0.2) is 9.97 Å². The van der Waals surface area contributed by atoms with Gasteiger partial charge in [-0.05, 0) is 18.6 Å². The van der Waals surface area contributed by atoms with Gasteiger partial charge in [0.1, 0.15) is 9.04 Å². The first-order valence-electron chi connectivity index (χ1n) is 9.13. The molecule has 2 N–H and O–H groups in total. The Kier molecular flexibility index (Phi) is 5.45. The van der Waals surface area contributed by atoms with Crippen molar-refractivity contribution in [2.75, 3.05) is 11.5 Å². The number of aromatic nitrogens is 3. The third-order valence-electron chi connectivity index (χ3n) is 4.41. The molecule has 1 aromatic carbocycles. The number of rotatable bonds is 6. The molecular formula is C21H20N4OS2. The summed E-state index contributed by atoms with van der Waals surface area (Å²) in [5.41, 5.74) is 9.55. The van der Waals surface area contributed by atoms with E-state index in [4.69, 9.17) is 15.7 Å². The zero-order valence-electron chi connectivity index (χ0n) is 15.5. The number of nitrogens with zero attached hydrogens (tertiary/aromatic N) is 3. The number of benzene rings is 1. The van der Waals surface area contributed by atoms with Crippen LogP contribution < -0.4 is 5.73 Å². The average molecular weight is 409 g/mol. The molecule has 5 nitrogen and oxygen atoms in total. The van der Waals surface area contributed by atoms with Gasteiger partial charge in [0.05, 0.1) is 27.6 Å². The van der Waals surface area contributed by atoms with Crippen molar-refractivity contribution in [2.45, 2.75) is 24.0 Å². The van der Waals surface area contributed by atoms with Crippen LogP contribution in [0.15, 0.2) is 59.1 Å². The summed E-state index contributed by atoms with van der Waals surface area (Å²) in [6.07, 6.45) is 5.36. The van der Waals surface area contributed by atoms with Gasteiger partial charge in [-0.3, -0.25) is 9.19 Å². The van der Waals surface area contributed by atoms with E-state index in [1.807, 2.05) is 42.5 Å². The molecule has 7 heteroatoms. The van der Waals surface area contributed by atoms with Crippen LogP contribution in [0.25, 0.3) is 32.9 Å². The van der Waals surface area contributed by atoms with Crippen LogP contribution in [0.3, 0.4) is 0 Å². The molecule has 4 rings (SSSR count). The highest BCUT2D eigenvalue weighted by Gasteiger charge is 2.21. The Morgan fingerprint density at radius 1 is 1.07 bits per heavy atom. The number of pyridine rings is 1. The zero-order chi connectivity index (χ0) is 19.5. The molecule has 1 unspecified atom stereocenters. The second kappa shape index (κ2) is 8.16. The van der Waals surface area contributed by atoms with Crippen LogP contribution in [-0.4, -0.2) is 24.9 Å². The van der Waals surface area contributed by atoms with E-state index >= 15 is 0 Å². The molecular weight excluding hydrogens is 388 g/mol. The first kappa shape index (κ1) is 18.7. The monoisotopic (exact) mass is 408 g/mol. The van der Waals surface area contributed by atoms with E-state index in [0.29, 0.717) is 21.5 Å². The highest BCUT2D eigenvalue weighted by atomic mass is 32.2. The first-order chi connectivity index (χ1) is 13.7. The van der Waals surface area contributed by atoms with E-state index < -0.39 is 10.8 Å². The van der Waals surface area contributed by atoms with Gasteiger partial charge in [-0.1, -0.05) is 43.7 Å². The Labute approximate surface area is 170 Å². The third kappa shape index (κ3) is 3.55. The molecule has 142 valence electrons. The van der Waals surface area contributed by atoms with Crippen LogP contribution in [0, 0.1) is 0 Å². The second-order valence-corrected chi connectivity index (χ2v) is 9.16. The minimum Gasteiger partial charge on any atom is -0.396 e. The Hall–Kier alpha value is -2.64. The molecule has 0 aliphatic heterocycles. The van der Waals surface area contributed by atoms with Gasteiger partial charge >= 0.3 is 0 Å². The molecule has 0 amide bonds. The minimum absolute atomic E-state index is 0.533.